The summed E-state index contributed by atoms with van der Waals surface area (Å²) in [5, 5.41) is 1.20. The number of rotatable bonds is 2. The van der Waals surface area contributed by atoms with Crippen LogP contribution in [0.4, 0.5) is 0 Å². The van der Waals surface area contributed by atoms with Gasteiger partial charge in [-0.1, -0.05) is 24.3 Å². The molecule has 0 amide bonds. The van der Waals surface area contributed by atoms with E-state index >= 15 is 0 Å². The minimum Gasteiger partial charge on any atom is -0.469 e. The van der Waals surface area contributed by atoms with Crippen LogP contribution in [0.1, 0.15) is 11.3 Å². The van der Waals surface area contributed by atoms with Gasteiger partial charge in [0, 0.05) is 23.7 Å². The summed E-state index contributed by atoms with van der Waals surface area (Å²) < 4.78 is 7.10. The molecule has 1 unspecified atom stereocenters. The summed E-state index contributed by atoms with van der Waals surface area (Å²) in [6, 6.07) is 14.2. The quantitative estimate of drug-likeness (QED) is 0.682. The van der Waals surface area contributed by atoms with Crippen LogP contribution in [-0.4, -0.2) is 22.6 Å². The van der Waals surface area contributed by atoms with Crippen molar-refractivity contribution >= 4 is 16.9 Å². The molecule has 0 N–H and O–H groups in total. The predicted octanol–water partition coefficient (Wildman–Crippen LogP) is 2.91. The summed E-state index contributed by atoms with van der Waals surface area (Å²) in [5.74, 6) is 0.674. The van der Waals surface area contributed by atoms with Crippen LogP contribution in [0.5, 0.6) is 0 Å². The van der Waals surface area contributed by atoms with E-state index in [9.17, 15) is 4.79 Å². The zero-order valence-electron chi connectivity index (χ0n) is 12.3. The van der Waals surface area contributed by atoms with Crippen molar-refractivity contribution in [3.05, 3.63) is 59.9 Å². The van der Waals surface area contributed by atoms with E-state index in [1.54, 1.807) is 6.20 Å². The number of benzene rings is 1. The van der Waals surface area contributed by atoms with Gasteiger partial charge in [0.15, 0.2) is 0 Å². The highest BCUT2D eigenvalue weighted by Gasteiger charge is 2.33. The van der Waals surface area contributed by atoms with Crippen LogP contribution in [-0.2, 0) is 22.4 Å². The Morgan fingerprint density at radius 3 is 2.77 bits per heavy atom. The van der Waals surface area contributed by atoms with Crippen LogP contribution >= 0.6 is 0 Å². The Hall–Kier alpha value is -2.62. The molecule has 0 saturated heterocycles. The van der Waals surface area contributed by atoms with Gasteiger partial charge < -0.3 is 4.74 Å². The van der Waals surface area contributed by atoms with Gasteiger partial charge in [-0.15, -0.1) is 0 Å². The summed E-state index contributed by atoms with van der Waals surface area (Å²) in [7, 11) is 1.45. The topological polar surface area (TPSA) is 44.1 Å². The minimum absolute atomic E-state index is 0.0884. The van der Waals surface area contributed by atoms with E-state index < -0.39 is 0 Å². The van der Waals surface area contributed by atoms with E-state index in [1.807, 2.05) is 30.3 Å². The van der Waals surface area contributed by atoms with Gasteiger partial charge in [-0.3, -0.25) is 9.36 Å². The second-order valence-corrected chi connectivity index (χ2v) is 5.59. The first-order chi connectivity index (χ1) is 10.8. The molecule has 110 valence electrons. The summed E-state index contributed by atoms with van der Waals surface area (Å²) in [5.41, 5.74) is 3.57. The van der Waals surface area contributed by atoms with E-state index in [1.165, 1.54) is 23.8 Å². The maximum Gasteiger partial charge on any atom is 0.309 e. The van der Waals surface area contributed by atoms with Crippen LogP contribution in [0.15, 0.2) is 48.7 Å². The number of methoxy groups -OCH3 is 1. The molecular weight excluding hydrogens is 276 g/mol. The Morgan fingerprint density at radius 2 is 2.00 bits per heavy atom. The molecule has 0 radical (unpaired) electrons. The number of esters is 1. The molecule has 4 heteroatoms. The third kappa shape index (κ3) is 1.84. The highest BCUT2D eigenvalue weighted by atomic mass is 16.5. The van der Waals surface area contributed by atoms with E-state index in [2.05, 4.69) is 21.7 Å². The predicted molar refractivity (Wildman–Crippen MR) is 84.0 cm³/mol. The molecule has 4 nitrogen and oxygen atoms in total. The van der Waals surface area contributed by atoms with Gasteiger partial charge in [-0.2, -0.15) is 0 Å². The minimum atomic E-state index is -0.132. The summed E-state index contributed by atoms with van der Waals surface area (Å²) in [6.45, 7) is 0. The van der Waals surface area contributed by atoms with Gasteiger partial charge in [-0.05, 0) is 30.2 Å². The second kappa shape index (κ2) is 4.98. The summed E-state index contributed by atoms with van der Waals surface area (Å²) >= 11 is 0. The molecule has 0 fully saturated rings. The lowest BCUT2D eigenvalue weighted by Crippen LogP contribution is -2.17. The van der Waals surface area contributed by atoms with Crippen LogP contribution in [0, 0.1) is 5.92 Å². The Balaban J connectivity index is 1.93. The zero-order chi connectivity index (χ0) is 15.1. The highest BCUT2D eigenvalue weighted by molar-refractivity contribution is 5.89. The Morgan fingerprint density at radius 1 is 1.18 bits per heavy atom. The Bertz CT molecular complexity index is 852. The van der Waals surface area contributed by atoms with E-state index in [0.717, 1.165) is 17.8 Å². The van der Waals surface area contributed by atoms with Crippen molar-refractivity contribution in [2.45, 2.75) is 12.8 Å². The lowest BCUT2D eigenvalue weighted by molar-refractivity contribution is -0.145. The number of ether oxygens (including phenoxy) is 1. The highest BCUT2D eigenvalue weighted by Crippen LogP contribution is 2.37. The van der Waals surface area contributed by atoms with Gasteiger partial charge in [-0.25, -0.2) is 4.98 Å². The molecule has 0 saturated carbocycles. The third-order valence-corrected chi connectivity index (χ3v) is 4.39. The number of hydrogen-bond acceptors (Lipinski definition) is 3. The molecule has 2 heterocycles. The van der Waals surface area contributed by atoms with Crippen molar-refractivity contribution in [3.8, 4) is 5.82 Å². The van der Waals surface area contributed by atoms with Gasteiger partial charge in [0.2, 0.25) is 0 Å². The molecule has 1 aliphatic carbocycles. The van der Waals surface area contributed by atoms with Crippen LogP contribution < -0.4 is 0 Å². The normalized spacial score (nSPS) is 16.7. The number of pyridine rings is 1. The molecular formula is C18H16N2O2. The lowest BCUT2D eigenvalue weighted by Gasteiger charge is -2.11. The number of aromatic nitrogens is 2. The van der Waals surface area contributed by atoms with Crippen molar-refractivity contribution < 1.29 is 9.53 Å². The molecule has 1 aromatic carbocycles. The van der Waals surface area contributed by atoms with Crippen LogP contribution in [0.25, 0.3) is 16.7 Å². The fourth-order valence-electron chi connectivity index (χ4n) is 3.43. The second-order valence-electron chi connectivity index (χ2n) is 5.59. The van der Waals surface area contributed by atoms with Crippen molar-refractivity contribution in [1.82, 2.24) is 9.55 Å². The monoisotopic (exact) mass is 292 g/mol. The SMILES string of the molecule is COC(=O)C1Cc2c(n(-c3ccccn3)c3ccccc23)C1. The molecule has 3 aromatic rings. The number of carbonyl (C=O) groups excluding carboxylic acids is 1. The average molecular weight is 292 g/mol. The molecule has 2 aromatic heterocycles. The number of para-hydroxylation sites is 1. The first-order valence-electron chi connectivity index (χ1n) is 7.40. The van der Waals surface area contributed by atoms with E-state index in [-0.39, 0.29) is 11.9 Å². The number of nitrogens with zero attached hydrogens (tertiary/aromatic N) is 2. The first-order valence-corrected chi connectivity index (χ1v) is 7.40. The molecule has 1 aliphatic rings. The number of carbonyl (C=O) groups is 1. The Labute approximate surface area is 128 Å². The van der Waals surface area contributed by atoms with E-state index in [4.69, 9.17) is 4.74 Å². The average Bonchev–Trinajstić information content (AvgIpc) is 3.12. The van der Waals surface area contributed by atoms with Crippen molar-refractivity contribution in [1.29, 1.82) is 0 Å². The number of hydrogen-bond donors (Lipinski definition) is 0. The molecule has 4 rings (SSSR count). The fraction of sp³-hybridized carbons (Fsp3) is 0.222. The van der Waals surface area contributed by atoms with Crippen LogP contribution in [0.3, 0.4) is 0 Å². The van der Waals surface area contributed by atoms with E-state index in [0.29, 0.717) is 6.42 Å². The van der Waals surface area contributed by atoms with Crippen molar-refractivity contribution in [2.75, 3.05) is 7.11 Å². The maximum atomic E-state index is 11.9. The van der Waals surface area contributed by atoms with Gasteiger partial charge in [0.25, 0.3) is 0 Å². The summed E-state index contributed by atoms with van der Waals surface area (Å²) in [4.78, 5) is 16.4. The zero-order valence-corrected chi connectivity index (χ0v) is 12.3. The van der Waals surface area contributed by atoms with Crippen molar-refractivity contribution in [3.63, 3.8) is 0 Å². The summed E-state index contributed by atoms with van der Waals surface area (Å²) in [6.07, 6.45) is 3.23. The maximum absolute atomic E-state index is 11.9. The standard InChI is InChI=1S/C18H16N2O2/c1-22-18(21)12-10-14-13-6-2-3-7-15(13)20(16(14)11-12)17-8-4-5-9-19-17/h2-9,12H,10-11H2,1H3. The smallest absolute Gasteiger partial charge is 0.309 e. The molecule has 0 spiro atoms. The van der Waals surface area contributed by atoms with Gasteiger partial charge in [0.05, 0.1) is 18.5 Å². The van der Waals surface area contributed by atoms with Crippen molar-refractivity contribution in [2.24, 2.45) is 5.92 Å². The fourth-order valence-corrected chi connectivity index (χ4v) is 3.43. The van der Waals surface area contributed by atoms with Gasteiger partial charge >= 0.3 is 5.97 Å². The molecule has 0 aliphatic heterocycles. The lowest BCUT2D eigenvalue weighted by atomic mass is 10.1. The third-order valence-electron chi connectivity index (χ3n) is 4.39. The number of fused-ring (bicyclic) bond motifs is 3. The van der Waals surface area contributed by atoms with Crippen LogP contribution in [0.2, 0.25) is 0 Å². The first kappa shape index (κ1) is 13.1. The Kier molecular flexibility index (Phi) is 2.96. The molecule has 22 heavy (non-hydrogen) atoms. The molecule has 0 bridgehead atoms. The van der Waals surface area contributed by atoms with Gasteiger partial charge in [0.1, 0.15) is 5.82 Å². The molecule has 1 atom stereocenters. The largest absolute Gasteiger partial charge is 0.469 e.